The summed E-state index contributed by atoms with van der Waals surface area (Å²) in [5, 5.41) is 3.24. The first-order valence-corrected chi connectivity index (χ1v) is 6.67. The maximum Gasteiger partial charge on any atom is 0.254 e. The highest BCUT2D eigenvalue weighted by atomic mass is 35.5. The highest BCUT2D eigenvalue weighted by Crippen LogP contribution is 2.12. The van der Waals surface area contributed by atoms with Gasteiger partial charge in [-0.1, -0.05) is 23.7 Å². The molecule has 0 aliphatic heterocycles. The second-order valence-corrected chi connectivity index (χ2v) is 4.94. The van der Waals surface area contributed by atoms with Crippen LogP contribution in [0.25, 0.3) is 5.65 Å². The Bertz CT molecular complexity index is 816. The molecule has 0 spiro atoms. The smallest absolute Gasteiger partial charge is 0.254 e. The Hall–Kier alpha value is -2.40. The van der Waals surface area contributed by atoms with Gasteiger partial charge in [-0.15, -0.1) is 0 Å². The van der Waals surface area contributed by atoms with Gasteiger partial charge in [-0.05, 0) is 24.3 Å². The van der Waals surface area contributed by atoms with Gasteiger partial charge in [0, 0.05) is 12.4 Å². The molecule has 0 bridgehead atoms. The van der Waals surface area contributed by atoms with E-state index in [4.69, 9.17) is 11.6 Å². The van der Waals surface area contributed by atoms with Gasteiger partial charge in [0.05, 0.1) is 22.8 Å². The number of imidazole rings is 1. The predicted octanol–water partition coefficient (Wildman–Crippen LogP) is 3.06. The summed E-state index contributed by atoms with van der Waals surface area (Å²) in [4.78, 5) is 16.2. The molecule has 0 radical (unpaired) electrons. The molecule has 6 heteroatoms. The Morgan fingerprint density at radius 1 is 1.24 bits per heavy atom. The molecule has 0 fully saturated rings. The van der Waals surface area contributed by atoms with Crippen molar-refractivity contribution in [3.63, 3.8) is 0 Å². The largest absolute Gasteiger partial charge is 0.346 e. The number of pyridine rings is 1. The molecule has 0 aliphatic rings. The van der Waals surface area contributed by atoms with Crippen molar-refractivity contribution in [3.05, 3.63) is 70.9 Å². The standard InChI is InChI=1S/C15H11ClFN3O/c16-10-5-6-14-19-11(9-20(14)8-10)7-18-15(21)12-3-1-2-4-13(12)17/h1-6,8-9H,7H2,(H,18,21). The van der Waals surface area contributed by atoms with Crippen LogP contribution in [0, 0.1) is 5.82 Å². The van der Waals surface area contributed by atoms with Crippen LogP contribution in [0.3, 0.4) is 0 Å². The molecule has 106 valence electrons. The molecule has 4 nitrogen and oxygen atoms in total. The van der Waals surface area contributed by atoms with E-state index in [1.165, 1.54) is 18.2 Å². The van der Waals surface area contributed by atoms with Crippen LogP contribution in [0.1, 0.15) is 16.1 Å². The Morgan fingerprint density at radius 2 is 2.05 bits per heavy atom. The zero-order chi connectivity index (χ0) is 14.8. The van der Waals surface area contributed by atoms with E-state index in [-0.39, 0.29) is 12.1 Å². The number of benzene rings is 1. The average Bonchev–Trinajstić information content (AvgIpc) is 2.87. The summed E-state index contributed by atoms with van der Waals surface area (Å²) in [6.45, 7) is 0.215. The molecule has 0 unspecified atom stereocenters. The van der Waals surface area contributed by atoms with E-state index in [0.29, 0.717) is 10.7 Å². The number of fused-ring (bicyclic) bond motifs is 1. The van der Waals surface area contributed by atoms with Crippen LogP contribution >= 0.6 is 11.6 Å². The van der Waals surface area contributed by atoms with Crippen LogP contribution in [0.4, 0.5) is 4.39 Å². The zero-order valence-corrected chi connectivity index (χ0v) is 11.6. The SMILES string of the molecule is O=C(NCc1cn2cc(Cl)ccc2n1)c1ccccc1F. The molecule has 21 heavy (non-hydrogen) atoms. The lowest BCUT2D eigenvalue weighted by atomic mass is 10.2. The molecule has 1 N–H and O–H groups in total. The fourth-order valence-electron chi connectivity index (χ4n) is 2.01. The van der Waals surface area contributed by atoms with E-state index in [1.54, 1.807) is 35.0 Å². The van der Waals surface area contributed by atoms with Crippen LogP contribution in [-0.4, -0.2) is 15.3 Å². The summed E-state index contributed by atoms with van der Waals surface area (Å²) < 4.78 is 15.3. The first-order valence-electron chi connectivity index (χ1n) is 6.29. The summed E-state index contributed by atoms with van der Waals surface area (Å²) >= 11 is 5.89. The minimum absolute atomic E-state index is 0.0179. The average molecular weight is 304 g/mol. The Kier molecular flexibility index (Phi) is 3.58. The third-order valence-corrected chi connectivity index (χ3v) is 3.24. The fraction of sp³-hybridized carbons (Fsp3) is 0.0667. The Morgan fingerprint density at radius 3 is 2.86 bits per heavy atom. The summed E-state index contributed by atoms with van der Waals surface area (Å²) in [6, 6.07) is 9.37. The summed E-state index contributed by atoms with van der Waals surface area (Å²) in [5.41, 5.74) is 1.42. The lowest BCUT2D eigenvalue weighted by Crippen LogP contribution is -2.23. The van der Waals surface area contributed by atoms with E-state index in [1.807, 2.05) is 0 Å². The molecule has 0 atom stereocenters. The number of rotatable bonds is 3. The maximum atomic E-state index is 13.5. The number of aromatic nitrogens is 2. The van der Waals surface area contributed by atoms with Gasteiger partial charge in [0.2, 0.25) is 0 Å². The van der Waals surface area contributed by atoms with Gasteiger partial charge in [0.15, 0.2) is 0 Å². The highest BCUT2D eigenvalue weighted by Gasteiger charge is 2.11. The van der Waals surface area contributed by atoms with Crippen LogP contribution in [-0.2, 0) is 6.54 Å². The van der Waals surface area contributed by atoms with Gasteiger partial charge in [0.1, 0.15) is 11.5 Å². The minimum Gasteiger partial charge on any atom is -0.346 e. The van der Waals surface area contributed by atoms with Crippen molar-refractivity contribution >= 4 is 23.2 Å². The summed E-state index contributed by atoms with van der Waals surface area (Å²) in [7, 11) is 0. The summed E-state index contributed by atoms with van der Waals surface area (Å²) in [5.74, 6) is -1.01. The van der Waals surface area contributed by atoms with E-state index in [2.05, 4.69) is 10.3 Å². The van der Waals surface area contributed by atoms with Gasteiger partial charge in [-0.2, -0.15) is 0 Å². The third-order valence-electron chi connectivity index (χ3n) is 3.01. The van der Waals surface area contributed by atoms with E-state index in [0.717, 1.165) is 5.65 Å². The van der Waals surface area contributed by atoms with Gasteiger partial charge < -0.3 is 9.72 Å². The molecule has 2 heterocycles. The molecule has 1 amide bonds. The number of carbonyl (C=O) groups is 1. The number of carbonyl (C=O) groups excluding carboxylic acids is 1. The molecular formula is C15H11ClFN3O. The second-order valence-electron chi connectivity index (χ2n) is 4.51. The highest BCUT2D eigenvalue weighted by molar-refractivity contribution is 6.30. The predicted molar refractivity (Wildman–Crippen MR) is 77.8 cm³/mol. The lowest BCUT2D eigenvalue weighted by Gasteiger charge is -2.03. The van der Waals surface area contributed by atoms with E-state index in [9.17, 15) is 9.18 Å². The molecule has 3 aromatic rings. The van der Waals surface area contributed by atoms with Crippen LogP contribution in [0.15, 0.2) is 48.8 Å². The molecule has 1 aromatic carbocycles. The second kappa shape index (κ2) is 5.54. The van der Waals surface area contributed by atoms with Crippen LogP contribution < -0.4 is 5.32 Å². The number of hydrogen-bond donors (Lipinski definition) is 1. The van der Waals surface area contributed by atoms with E-state index < -0.39 is 11.7 Å². The van der Waals surface area contributed by atoms with Crippen molar-refractivity contribution in [2.45, 2.75) is 6.54 Å². The van der Waals surface area contributed by atoms with E-state index >= 15 is 0 Å². The van der Waals surface area contributed by atoms with Crippen LogP contribution in [0.5, 0.6) is 0 Å². The molecular weight excluding hydrogens is 293 g/mol. The Balaban J connectivity index is 1.74. The Labute approximate surface area is 125 Å². The first kappa shape index (κ1) is 13.6. The lowest BCUT2D eigenvalue weighted by molar-refractivity contribution is 0.0946. The maximum absolute atomic E-state index is 13.5. The quantitative estimate of drug-likeness (QED) is 0.808. The van der Waals surface area contributed by atoms with Gasteiger partial charge in [-0.25, -0.2) is 9.37 Å². The topological polar surface area (TPSA) is 46.4 Å². The monoisotopic (exact) mass is 303 g/mol. The number of nitrogens with zero attached hydrogens (tertiary/aromatic N) is 2. The van der Waals surface area contributed by atoms with Gasteiger partial charge in [0.25, 0.3) is 5.91 Å². The normalized spacial score (nSPS) is 10.8. The molecule has 0 saturated heterocycles. The summed E-state index contributed by atoms with van der Waals surface area (Å²) in [6.07, 6.45) is 3.49. The number of amides is 1. The van der Waals surface area contributed by atoms with Gasteiger partial charge in [-0.3, -0.25) is 4.79 Å². The van der Waals surface area contributed by atoms with Gasteiger partial charge >= 0.3 is 0 Å². The van der Waals surface area contributed by atoms with Crippen molar-refractivity contribution in [2.75, 3.05) is 0 Å². The van der Waals surface area contributed by atoms with Crippen molar-refractivity contribution in [1.29, 1.82) is 0 Å². The number of halogens is 2. The molecule has 0 saturated carbocycles. The van der Waals surface area contributed by atoms with Crippen molar-refractivity contribution in [2.24, 2.45) is 0 Å². The van der Waals surface area contributed by atoms with Crippen molar-refractivity contribution in [1.82, 2.24) is 14.7 Å². The third kappa shape index (κ3) is 2.87. The first-order chi connectivity index (χ1) is 10.1. The number of hydrogen-bond acceptors (Lipinski definition) is 2. The minimum atomic E-state index is -0.545. The van der Waals surface area contributed by atoms with Crippen LogP contribution in [0.2, 0.25) is 5.02 Å². The fourth-order valence-corrected chi connectivity index (χ4v) is 2.18. The molecule has 2 aromatic heterocycles. The molecule has 0 aliphatic carbocycles. The molecule has 3 rings (SSSR count). The van der Waals surface area contributed by atoms with Crippen molar-refractivity contribution < 1.29 is 9.18 Å². The number of nitrogens with one attached hydrogen (secondary N) is 1. The zero-order valence-electron chi connectivity index (χ0n) is 10.9. The van der Waals surface area contributed by atoms with Crippen molar-refractivity contribution in [3.8, 4) is 0 Å².